The zero-order valence-corrected chi connectivity index (χ0v) is 17.0. The van der Waals surface area contributed by atoms with Crippen LogP contribution in [0.15, 0.2) is 48.5 Å². The Balaban J connectivity index is 1.30. The van der Waals surface area contributed by atoms with Crippen LogP contribution >= 0.6 is 23.1 Å². The van der Waals surface area contributed by atoms with Crippen molar-refractivity contribution in [3.05, 3.63) is 64.7 Å². The van der Waals surface area contributed by atoms with E-state index in [9.17, 15) is 4.79 Å². The summed E-state index contributed by atoms with van der Waals surface area (Å²) in [6, 6.07) is 16.9. The Morgan fingerprint density at radius 2 is 2.00 bits per heavy atom. The lowest BCUT2D eigenvalue weighted by Crippen LogP contribution is -2.24. The van der Waals surface area contributed by atoms with Crippen LogP contribution in [-0.2, 0) is 12.8 Å². The molecule has 0 saturated carbocycles. The molecule has 2 aromatic carbocycles. The topological polar surface area (TPSA) is 46.9 Å². The number of thiophene rings is 1. The first-order chi connectivity index (χ1) is 13.1. The van der Waals surface area contributed by atoms with Crippen LogP contribution in [0.4, 0.5) is 0 Å². The van der Waals surface area contributed by atoms with E-state index in [4.69, 9.17) is 0 Å². The van der Waals surface area contributed by atoms with E-state index < -0.39 is 0 Å². The average Bonchev–Trinajstić information content (AvgIpc) is 3.23. The molecular weight excluding hydrogens is 374 g/mol. The molecule has 138 valence electrons. The van der Waals surface area contributed by atoms with Gasteiger partial charge in [-0.3, -0.25) is 9.48 Å². The van der Waals surface area contributed by atoms with Crippen LogP contribution in [0, 0.1) is 6.92 Å². The molecule has 0 fully saturated rings. The summed E-state index contributed by atoms with van der Waals surface area (Å²) in [5, 5.41) is 11.1. The molecular formula is C21H21N3OS2. The summed E-state index contributed by atoms with van der Waals surface area (Å²) in [6.07, 6.45) is 0. The van der Waals surface area contributed by atoms with Crippen molar-refractivity contribution in [2.24, 2.45) is 7.05 Å². The molecule has 2 heterocycles. The Kier molecular flexibility index (Phi) is 5.18. The fourth-order valence-corrected chi connectivity index (χ4v) is 5.14. The SMILES string of the molecule is Cc1nn(C)c2sc(C(=O)NCCSCc3cccc4ccccc34)cc12. The number of aromatic nitrogens is 2. The van der Waals surface area contributed by atoms with E-state index in [2.05, 4.69) is 52.9 Å². The Morgan fingerprint density at radius 1 is 1.19 bits per heavy atom. The molecule has 0 aliphatic rings. The second-order valence-corrected chi connectivity index (χ2v) is 8.62. The van der Waals surface area contributed by atoms with Gasteiger partial charge >= 0.3 is 0 Å². The predicted molar refractivity (Wildman–Crippen MR) is 116 cm³/mol. The Bertz CT molecular complexity index is 1070. The third-order valence-electron chi connectivity index (χ3n) is 4.59. The molecule has 1 N–H and O–H groups in total. The number of fused-ring (bicyclic) bond motifs is 2. The second-order valence-electron chi connectivity index (χ2n) is 6.49. The number of amides is 1. The van der Waals surface area contributed by atoms with Crippen molar-refractivity contribution in [3.8, 4) is 0 Å². The lowest BCUT2D eigenvalue weighted by Gasteiger charge is -2.07. The number of rotatable bonds is 6. The molecule has 4 rings (SSSR count). The first-order valence-corrected chi connectivity index (χ1v) is 10.9. The summed E-state index contributed by atoms with van der Waals surface area (Å²) >= 11 is 3.34. The number of hydrogen-bond donors (Lipinski definition) is 1. The lowest BCUT2D eigenvalue weighted by molar-refractivity contribution is 0.0960. The van der Waals surface area contributed by atoms with Crippen molar-refractivity contribution in [1.82, 2.24) is 15.1 Å². The summed E-state index contributed by atoms with van der Waals surface area (Å²) < 4.78 is 1.84. The van der Waals surface area contributed by atoms with Crippen LogP contribution in [0.25, 0.3) is 21.0 Å². The number of hydrogen-bond acceptors (Lipinski definition) is 4. The fraction of sp³-hybridized carbons (Fsp3) is 0.238. The molecule has 0 atom stereocenters. The van der Waals surface area contributed by atoms with Gasteiger partial charge in [0.2, 0.25) is 0 Å². The van der Waals surface area contributed by atoms with Crippen LogP contribution in [0.1, 0.15) is 20.9 Å². The molecule has 4 nitrogen and oxygen atoms in total. The van der Waals surface area contributed by atoms with Crippen LogP contribution in [0.3, 0.4) is 0 Å². The maximum absolute atomic E-state index is 12.4. The van der Waals surface area contributed by atoms with Gasteiger partial charge in [0, 0.05) is 30.5 Å². The molecule has 2 aromatic heterocycles. The van der Waals surface area contributed by atoms with E-state index in [-0.39, 0.29) is 5.91 Å². The third-order valence-corrected chi connectivity index (χ3v) is 6.80. The van der Waals surface area contributed by atoms with Crippen molar-refractivity contribution in [1.29, 1.82) is 0 Å². The highest BCUT2D eigenvalue weighted by Gasteiger charge is 2.14. The number of nitrogens with zero attached hydrogens (tertiary/aromatic N) is 2. The number of nitrogens with one attached hydrogen (secondary N) is 1. The molecule has 0 unspecified atom stereocenters. The minimum absolute atomic E-state index is 0.00126. The lowest BCUT2D eigenvalue weighted by atomic mass is 10.1. The van der Waals surface area contributed by atoms with E-state index in [1.807, 2.05) is 36.5 Å². The van der Waals surface area contributed by atoms with Gasteiger partial charge in [-0.1, -0.05) is 42.5 Å². The summed E-state index contributed by atoms with van der Waals surface area (Å²) in [5.74, 6) is 1.84. The van der Waals surface area contributed by atoms with Crippen LogP contribution < -0.4 is 5.32 Å². The van der Waals surface area contributed by atoms with Gasteiger partial charge in [0.25, 0.3) is 5.91 Å². The average molecular weight is 396 g/mol. The van der Waals surface area contributed by atoms with E-state index in [1.165, 1.54) is 27.7 Å². The van der Waals surface area contributed by atoms with E-state index in [1.54, 1.807) is 0 Å². The molecule has 0 saturated heterocycles. The van der Waals surface area contributed by atoms with Crippen molar-refractivity contribution in [3.63, 3.8) is 0 Å². The maximum atomic E-state index is 12.4. The molecule has 0 aliphatic heterocycles. The number of thioether (sulfide) groups is 1. The Labute approximate surface area is 166 Å². The largest absolute Gasteiger partial charge is 0.351 e. The number of aryl methyl sites for hydroxylation is 2. The molecule has 1 amide bonds. The molecule has 4 aromatic rings. The quantitative estimate of drug-likeness (QED) is 0.479. The Morgan fingerprint density at radius 3 is 2.85 bits per heavy atom. The van der Waals surface area contributed by atoms with Gasteiger partial charge in [-0.25, -0.2) is 0 Å². The maximum Gasteiger partial charge on any atom is 0.261 e. The van der Waals surface area contributed by atoms with Crippen molar-refractivity contribution in [2.45, 2.75) is 12.7 Å². The smallest absolute Gasteiger partial charge is 0.261 e. The van der Waals surface area contributed by atoms with Gasteiger partial charge in [-0.2, -0.15) is 16.9 Å². The second kappa shape index (κ2) is 7.74. The molecule has 0 radical (unpaired) electrons. The van der Waals surface area contributed by atoms with E-state index >= 15 is 0 Å². The number of carbonyl (C=O) groups is 1. The molecule has 0 bridgehead atoms. The number of carbonyl (C=O) groups excluding carboxylic acids is 1. The highest BCUT2D eigenvalue weighted by molar-refractivity contribution is 7.98. The van der Waals surface area contributed by atoms with Gasteiger partial charge < -0.3 is 5.32 Å². The van der Waals surface area contributed by atoms with Gasteiger partial charge in [0.1, 0.15) is 4.83 Å². The normalized spacial score (nSPS) is 11.3. The van der Waals surface area contributed by atoms with Gasteiger partial charge in [0.15, 0.2) is 0 Å². The fourth-order valence-electron chi connectivity index (χ4n) is 3.24. The first kappa shape index (κ1) is 18.1. The highest BCUT2D eigenvalue weighted by Crippen LogP contribution is 2.27. The van der Waals surface area contributed by atoms with E-state index in [0.29, 0.717) is 6.54 Å². The molecule has 0 aliphatic carbocycles. The monoisotopic (exact) mass is 395 g/mol. The summed E-state index contributed by atoms with van der Waals surface area (Å²) in [5.41, 5.74) is 2.31. The predicted octanol–water partition coefficient (Wildman–Crippen LogP) is 4.76. The standard InChI is InChI=1S/C21H21N3OS2/c1-14-18-12-19(27-21(18)24(2)23-14)20(25)22-10-11-26-13-16-8-5-7-15-6-3-4-9-17(15)16/h3-9,12H,10-11,13H2,1-2H3,(H,22,25). The van der Waals surface area contributed by atoms with Crippen molar-refractivity contribution in [2.75, 3.05) is 12.3 Å². The third kappa shape index (κ3) is 3.73. The summed E-state index contributed by atoms with van der Waals surface area (Å²) in [7, 11) is 1.91. The molecule has 0 spiro atoms. The molecule has 6 heteroatoms. The minimum atomic E-state index is 0.00126. The van der Waals surface area contributed by atoms with Gasteiger partial charge in [-0.15, -0.1) is 11.3 Å². The van der Waals surface area contributed by atoms with Crippen LogP contribution in [-0.4, -0.2) is 28.0 Å². The molecule has 27 heavy (non-hydrogen) atoms. The van der Waals surface area contributed by atoms with Gasteiger partial charge in [-0.05, 0) is 29.3 Å². The van der Waals surface area contributed by atoms with Gasteiger partial charge in [0.05, 0.1) is 10.6 Å². The van der Waals surface area contributed by atoms with Crippen LogP contribution in [0.2, 0.25) is 0 Å². The number of benzene rings is 2. The summed E-state index contributed by atoms with van der Waals surface area (Å²) in [6.45, 7) is 2.64. The zero-order chi connectivity index (χ0) is 18.8. The summed E-state index contributed by atoms with van der Waals surface area (Å²) in [4.78, 5) is 14.2. The van der Waals surface area contributed by atoms with Crippen molar-refractivity contribution < 1.29 is 4.79 Å². The van der Waals surface area contributed by atoms with Crippen LogP contribution in [0.5, 0.6) is 0 Å². The zero-order valence-electron chi connectivity index (χ0n) is 15.4. The van der Waals surface area contributed by atoms with E-state index in [0.717, 1.165) is 32.3 Å². The van der Waals surface area contributed by atoms with Crippen molar-refractivity contribution >= 4 is 50.0 Å². The minimum Gasteiger partial charge on any atom is -0.351 e. The Hall–Kier alpha value is -2.31. The highest BCUT2D eigenvalue weighted by atomic mass is 32.2. The first-order valence-electron chi connectivity index (χ1n) is 8.89.